The van der Waals surface area contributed by atoms with Gasteiger partial charge in [0.1, 0.15) is 22.6 Å². The van der Waals surface area contributed by atoms with Gasteiger partial charge in [0, 0.05) is 25.8 Å². The first-order chi connectivity index (χ1) is 15.1. The molecule has 2 aliphatic rings. The van der Waals surface area contributed by atoms with Gasteiger partial charge in [-0.1, -0.05) is 12.1 Å². The highest BCUT2D eigenvalue weighted by Gasteiger charge is 2.34. The first-order valence-corrected chi connectivity index (χ1v) is 11.1. The summed E-state index contributed by atoms with van der Waals surface area (Å²) in [5.41, 5.74) is 2.91. The third kappa shape index (κ3) is 2.88. The van der Waals surface area contributed by atoms with E-state index in [0.717, 1.165) is 35.8 Å². The van der Waals surface area contributed by atoms with Crippen molar-refractivity contribution in [2.45, 2.75) is 19.6 Å². The minimum absolute atomic E-state index is 0.189. The number of pyridine rings is 1. The number of fused-ring (bicyclic) bond motifs is 6. The van der Waals surface area contributed by atoms with E-state index in [1.165, 1.54) is 21.5 Å². The molecule has 5 heterocycles. The molecule has 4 aromatic rings. The number of aromatic amines is 1. The topological polar surface area (TPSA) is 83.5 Å². The van der Waals surface area contributed by atoms with Crippen molar-refractivity contribution in [2.24, 2.45) is 0 Å². The number of hydrogen-bond donors (Lipinski definition) is 1. The van der Waals surface area contributed by atoms with Crippen LogP contribution in [0, 0.1) is 6.92 Å². The van der Waals surface area contributed by atoms with Crippen LogP contribution >= 0.6 is 11.3 Å². The van der Waals surface area contributed by atoms with Crippen LogP contribution in [0.3, 0.4) is 0 Å². The van der Waals surface area contributed by atoms with Crippen molar-refractivity contribution >= 4 is 37.5 Å². The first-order valence-electron chi connectivity index (χ1n) is 10.3. The number of ether oxygens (including phenoxy) is 1. The lowest BCUT2D eigenvalue weighted by molar-refractivity contribution is 0.137. The number of piperazine rings is 1. The molecule has 8 nitrogen and oxygen atoms in total. The summed E-state index contributed by atoms with van der Waals surface area (Å²) in [6.07, 6.45) is 1.67. The number of hydrogen-bond acceptors (Lipinski definition) is 7. The Hall–Kier alpha value is -3.17. The molecule has 0 aliphatic carbocycles. The van der Waals surface area contributed by atoms with E-state index in [-0.39, 0.29) is 18.3 Å². The van der Waals surface area contributed by atoms with E-state index in [2.05, 4.69) is 32.8 Å². The number of H-pyrrole nitrogens is 1. The van der Waals surface area contributed by atoms with Gasteiger partial charge in [-0.15, -0.1) is 11.3 Å². The van der Waals surface area contributed by atoms with E-state index in [1.807, 2.05) is 24.3 Å². The Morgan fingerprint density at radius 1 is 1.23 bits per heavy atom. The zero-order valence-corrected chi connectivity index (χ0v) is 17.8. The SMILES string of the molecule is Cc1cccc2c1N1CCN(Cn3c(=O)[nH]c4c(sc5cccnc54)c3=O)CC1CO2. The van der Waals surface area contributed by atoms with E-state index in [1.54, 1.807) is 6.20 Å². The van der Waals surface area contributed by atoms with E-state index < -0.39 is 5.69 Å². The molecule has 158 valence electrons. The molecule has 0 radical (unpaired) electrons. The smallest absolute Gasteiger partial charge is 0.330 e. The van der Waals surface area contributed by atoms with Crippen LogP contribution in [-0.4, -0.2) is 51.7 Å². The van der Waals surface area contributed by atoms with Gasteiger partial charge >= 0.3 is 5.69 Å². The Morgan fingerprint density at radius 3 is 3.03 bits per heavy atom. The van der Waals surface area contributed by atoms with E-state index in [4.69, 9.17) is 4.74 Å². The Morgan fingerprint density at radius 2 is 2.13 bits per heavy atom. The second-order valence-corrected chi connectivity index (χ2v) is 9.17. The number of rotatable bonds is 2. The van der Waals surface area contributed by atoms with Crippen LogP contribution in [0.5, 0.6) is 5.75 Å². The normalized spacial score (nSPS) is 18.7. The predicted octanol–water partition coefficient (Wildman–Crippen LogP) is 2.15. The van der Waals surface area contributed by atoms with E-state index >= 15 is 0 Å². The number of benzene rings is 1. The predicted molar refractivity (Wildman–Crippen MR) is 121 cm³/mol. The third-order valence-electron chi connectivity index (χ3n) is 6.19. The lowest BCUT2D eigenvalue weighted by Gasteiger charge is -2.46. The van der Waals surface area contributed by atoms with Gasteiger partial charge in [0.05, 0.1) is 28.6 Å². The van der Waals surface area contributed by atoms with Gasteiger partial charge in [0.15, 0.2) is 0 Å². The van der Waals surface area contributed by atoms with Crippen LogP contribution in [-0.2, 0) is 6.67 Å². The van der Waals surface area contributed by atoms with E-state index in [0.29, 0.717) is 22.3 Å². The van der Waals surface area contributed by atoms with Crippen molar-refractivity contribution in [3.8, 4) is 5.75 Å². The number of para-hydroxylation sites is 1. The van der Waals surface area contributed by atoms with Gasteiger partial charge < -0.3 is 14.6 Å². The highest BCUT2D eigenvalue weighted by Crippen LogP contribution is 2.37. The van der Waals surface area contributed by atoms with Gasteiger partial charge in [-0.05, 0) is 30.7 Å². The highest BCUT2D eigenvalue weighted by molar-refractivity contribution is 7.25. The van der Waals surface area contributed by atoms with Crippen molar-refractivity contribution in [3.63, 3.8) is 0 Å². The van der Waals surface area contributed by atoms with Crippen LogP contribution in [0.4, 0.5) is 5.69 Å². The molecule has 1 fully saturated rings. The first kappa shape index (κ1) is 18.6. The second-order valence-electron chi connectivity index (χ2n) is 8.12. The number of nitrogens with zero attached hydrogens (tertiary/aromatic N) is 4. The summed E-state index contributed by atoms with van der Waals surface area (Å²) in [4.78, 5) is 37.7. The van der Waals surface area contributed by atoms with Crippen LogP contribution < -0.4 is 20.9 Å². The fourth-order valence-electron chi connectivity index (χ4n) is 4.70. The number of aromatic nitrogens is 3. The summed E-state index contributed by atoms with van der Waals surface area (Å²) >= 11 is 1.37. The van der Waals surface area contributed by atoms with Crippen LogP contribution in [0.15, 0.2) is 46.1 Å². The van der Waals surface area contributed by atoms with Crippen molar-refractivity contribution in [1.82, 2.24) is 19.4 Å². The fraction of sp³-hybridized carbons (Fsp3) is 0.318. The van der Waals surface area contributed by atoms with Gasteiger partial charge in [0.2, 0.25) is 0 Å². The van der Waals surface area contributed by atoms with Gasteiger partial charge in [-0.25, -0.2) is 9.36 Å². The van der Waals surface area contributed by atoms with Gasteiger partial charge in [-0.2, -0.15) is 0 Å². The van der Waals surface area contributed by atoms with Crippen LogP contribution in [0.2, 0.25) is 0 Å². The largest absolute Gasteiger partial charge is 0.489 e. The quantitative estimate of drug-likeness (QED) is 0.520. The minimum atomic E-state index is -0.397. The number of anilines is 1. The molecule has 0 saturated carbocycles. The van der Waals surface area contributed by atoms with Gasteiger partial charge in [-0.3, -0.25) is 14.7 Å². The van der Waals surface area contributed by atoms with Crippen LogP contribution in [0.25, 0.3) is 20.4 Å². The zero-order chi connectivity index (χ0) is 21.1. The Balaban J connectivity index is 1.31. The zero-order valence-electron chi connectivity index (χ0n) is 17.0. The summed E-state index contributed by atoms with van der Waals surface area (Å²) in [5, 5.41) is 0. The maximum absolute atomic E-state index is 13.1. The molecule has 1 N–H and O–H groups in total. The van der Waals surface area contributed by atoms with Crippen molar-refractivity contribution in [1.29, 1.82) is 0 Å². The lowest BCUT2D eigenvalue weighted by Crippen LogP contribution is -2.58. The summed E-state index contributed by atoms with van der Waals surface area (Å²) in [6, 6.07) is 10.1. The Bertz CT molecular complexity index is 1440. The molecule has 2 aliphatic heterocycles. The van der Waals surface area contributed by atoms with Crippen molar-refractivity contribution < 1.29 is 4.74 Å². The molecule has 0 bridgehead atoms. The maximum atomic E-state index is 13.1. The lowest BCUT2D eigenvalue weighted by atomic mass is 10.1. The molecule has 1 unspecified atom stereocenters. The number of thiophene rings is 1. The number of aryl methyl sites for hydroxylation is 1. The van der Waals surface area contributed by atoms with Crippen molar-refractivity contribution in [2.75, 3.05) is 31.1 Å². The summed E-state index contributed by atoms with van der Waals surface area (Å²) < 4.78 is 8.74. The summed E-state index contributed by atoms with van der Waals surface area (Å²) in [7, 11) is 0. The molecule has 0 spiro atoms. The van der Waals surface area contributed by atoms with Crippen LogP contribution in [0.1, 0.15) is 5.56 Å². The minimum Gasteiger partial charge on any atom is -0.489 e. The Labute approximate surface area is 181 Å². The number of nitrogens with one attached hydrogen (secondary N) is 1. The average molecular weight is 436 g/mol. The van der Waals surface area contributed by atoms with Gasteiger partial charge in [0.25, 0.3) is 5.56 Å². The molecule has 0 amide bonds. The van der Waals surface area contributed by atoms with E-state index in [9.17, 15) is 9.59 Å². The third-order valence-corrected chi connectivity index (χ3v) is 7.32. The summed E-state index contributed by atoms with van der Waals surface area (Å²) in [5.74, 6) is 0.932. The molecular formula is C22H21N5O3S. The molecule has 1 aromatic carbocycles. The Kier molecular flexibility index (Phi) is 4.15. The maximum Gasteiger partial charge on any atom is 0.330 e. The molecule has 6 rings (SSSR count). The second kappa shape index (κ2) is 6.93. The molecule has 31 heavy (non-hydrogen) atoms. The molecule has 1 saturated heterocycles. The monoisotopic (exact) mass is 435 g/mol. The van der Waals surface area contributed by atoms with Crippen molar-refractivity contribution in [3.05, 3.63) is 62.9 Å². The molecule has 3 aromatic heterocycles. The molecule has 9 heteroatoms. The fourth-order valence-corrected chi connectivity index (χ4v) is 5.77. The summed E-state index contributed by atoms with van der Waals surface area (Å²) in [6.45, 7) is 5.28. The average Bonchev–Trinajstić information content (AvgIpc) is 3.15. The highest BCUT2D eigenvalue weighted by atomic mass is 32.1. The molecular weight excluding hydrogens is 414 g/mol. The molecule has 1 atom stereocenters. The standard InChI is InChI=1S/C22H21N5O3S/c1-13-4-2-5-15-19(13)26-9-8-25(10-14(26)11-30-15)12-27-21(28)20-18(24-22(27)29)17-16(31-20)6-3-7-23-17/h2-7,14H,8-12H2,1H3,(H,24,29).